The van der Waals surface area contributed by atoms with Crippen molar-refractivity contribution in [3.8, 4) is 0 Å². The van der Waals surface area contributed by atoms with Crippen LogP contribution in [-0.4, -0.2) is 69.1 Å². The number of aliphatic imine (C=N–C) groups is 1. The fourth-order valence-corrected chi connectivity index (χ4v) is 3.56. The maximum absolute atomic E-state index is 4.40. The van der Waals surface area contributed by atoms with Gasteiger partial charge in [-0.3, -0.25) is 9.89 Å². The summed E-state index contributed by atoms with van der Waals surface area (Å²) in [6, 6.07) is 9.74. The molecule has 2 unspecified atom stereocenters. The number of hydrogen-bond donors (Lipinski definition) is 2. The van der Waals surface area contributed by atoms with Gasteiger partial charge in [0.1, 0.15) is 0 Å². The van der Waals surface area contributed by atoms with Crippen molar-refractivity contribution in [3.63, 3.8) is 0 Å². The summed E-state index contributed by atoms with van der Waals surface area (Å²) in [4.78, 5) is 9.20. The van der Waals surface area contributed by atoms with Crippen LogP contribution in [0.25, 0.3) is 0 Å². The Labute approximate surface area is 176 Å². The fraction of sp³-hybridized carbons (Fsp3) is 0.650. The first-order valence-corrected chi connectivity index (χ1v) is 9.46. The molecule has 5 nitrogen and oxygen atoms in total. The fourth-order valence-electron chi connectivity index (χ4n) is 3.56. The Bertz CT molecular complexity index is 544. The Morgan fingerprint density at radius 2 is 1.96 bits per heavy atom. The molecule has 26 heavy (non-hydrogen) atoms. The van der Waals surface area contributed by atoms with Crippen LogP contribution in [0.2, 0.25) is 0 Å². The number of likely N-dealkylation sites (tertiary alicyclic amines) is 1. The standard InChI is InChI=1S/C20H35N5.HI/c1-6-25-13-7-8-18(25)14-22-20(21-3)23-15-19(24(4)5)17-11-9-16(2)10-12-17;/h9-12,18-19H,6-8,13-15H2,1-5H3,(H2,21,22,23);1H. The van der Waals surface area contributed by atoms with E-state index in [0.29, 0.717) is 12.1 Å². The van der Waals surface area contributed by atoms with Crippen LogP contribution >= 0.6 is 24.0 Å². The van der Waals surface area contributed by atoms with Gasteiger partial charge in [0.05, 0.1) is 6.04 Å². The third kappa shape index (κ3) is 6.70. The number of aryl methyl sites for hydroxylation is 1. The van der Waals surface area contributed by atoms with E-state index in [0.717, 1.165) is 25.6 Å². The molecule has 0 bridgehead atoms. The summed E-state index contributed by atoms with van der Waals surface area (Å²) in [7, 11) is 6.10. The number of rotatable bonds is 7. The lowest BCUT2D eigenvalue weighted by molar-refractivity contribution is 0.266. The van der Waals surface area contributed by atoms with E-state index in [4.69, 9.17) is 0 Å². The number of nitrogens with one attached hydrogen (secondary N) is 2. The minimum Gasteiger partial charge on any atom is -0.355 e. The Hall–Kier alpha value is -0.860. The van der Waals surface area contributed by atoms with Gasteiger partial charge in [0, 0.05) is 26.2 Å². The van der Waals surface area contributed by atoms with Crippen LogP contribution in [0.1, 0.15) is 36.9 Å². The molecule has 1 heterocycles. The zero-order chi connectivity index (χ0) is 18.2. The average molecular weight is 473 g/mol. The molecule has 0 saturated carbocycles. The molecular weight excluding hydrogens is 437 g/mol. The molecule has 148 valence electrons. The highest BCUT2D eigenvalue weighted by Crippen LogP contribution is 2.18. The van der Waals surface area contributed by atoms with Gasteiger partial charge in [-0.1, -0.05) is 36.8 Å². The number of guanidine groups is 1. The van der Waals surface area contributed by atoms with Crippen LogP contribution in [0.15, 0.2) is 29.3 Å². The lowest BCUT2D eigenvalue weighted by Gasteiger charge is -2.27. The molecule has 0 radical (unpaired) electrons. The maximum atomic E-state index is 4.40. The van der Waals surface area contributed by atoms with Crippen LogP contribution in [0, 0.1) is 6.92 Å². The smallest absolute Gasteiger partial charge is 0.191 e. The largest absolute Gasteiger partial charge is 0.355 e. The predicted octanol–water partition coefficient (Wildman–Crippen LogP) is 2.87. The first-order chi connectivity index (χ1) is 12.0. The summed E-state index contributed by atoms with van der Waals surface area (Å²) < 4.78 is 0. The molecule has 2 atom stereocenters. The first-order valence-electron chi connectivity index (χ1n) is 9.46. The highest BCUT2D eigenvalue weighted by atomic mass is 127. The van der Waals surface area contributed by atoms with Gasteiger partial charge in [-0.05, 0) is 52.5 Å². The lowest BCUT2D eigenvalue weighted by atomic mass is 10.0. The average Bonchev–Trinajstić information content (AvgIpc) is 3.06. The van der Waals surface area contributed by atoms with Crippen molar-refractivity contribution in [1.82, 2.24) is 20.4 Å². The summed E-state index contributed by atoms with van der Waals surface area (Å²) in [6.07, 6.45) is 2.59. The van der Waals surface area contributed by atoms with Gasteiger partial charge in [0.2, 0.25) is 0 Å². The van der Waals surface area contributed by atoms with Gasteiger partial charge in [-0.2, -0.15) is 0 Å². The molecule has 0 aromatic heterocycles. The van der Waals surface area contributed by atoms with E-state index in [1.165, 1.54) is 30.5 Å². The lowest BCUT2D eigenvalue weighted by Crippen LogP contribution is -2.46. The second-order valence-corrected chi connectivity index (χ2v) is 7.15. The van der Waals surface area contributed by atoms with Gasteiger partial charge >= 0.3 is 0 Å². The topological polar surface area (TPSA) is 42.9 Å². The summed E-state index contributed by atoms with van der Waals surface area (Å²) >= 11 is 0. The van der Waals surface area contributed by atoms with Crippen molar-refractivity contribution in [2.24, 2.45) is 4.99 Å². The SMILES string of the molecule is CCN1CCCC1CNC(=NC)NCC(c1ccc(C)cc1)N(C)C.I. The summed E-state index contributed by atoms with van der Waals surface area (Å²) in [6.45, 7) is 8.53. The molecule has 1 aliphatic rings. The normalized spacial score (nSPS) is 19.3. The molecule has 1 aromatic carbocycles. The van der Waals surface area contributed by atoms with Gasteiger partial charge in [-0.15, -0.1) is 24.0 Å². The maximum Gasteiger partial charge on any atom is 0.191 e. The molecule has 0 amide bonds. The van der Waals surface area contributed by atoms with E-state index in [9.17, 15) is 0 Å². The van der Waals surface area contributed by atoms with Crippen LogP contribution < -0.4 is 10.6 Å². The van der Waals surface area contributed by atoms with Crippen molar-refractivity contribution in [1.29, 1.82) is 0 Å². The Balaban J connectivity index is 0.00000338. The van der Waals surface area contributed by atoms with Crippen molar-refractivity contribution in [2.75, 3.05) is 47.3 Å². The van der Waals surface area contributed by atoms with Crippen LogP contribution in [0.5, 0.6) is 0 Å². The van der Waals surface area contributed by atoms with Crippen molar-refractivity contribution in [2.45, 2.75) is 38.8 Å². The third-order valence-electron chi connectivity index (χ3n) is 5.18. The number of likely N-dealkylation sites (N-methyl/N-ethyl adjacent to an activating group) is 2. The molecule has 0 spiro atoms. The van der Waals surface area contributed by atoms with E-state index < -0.39 is 0 Å². The Morgan fingerprint density at radius 1 is 1.27 bits per heavy atom. The highest BCUT2D eigenvalue weighted by Gasteiger charge is 2.23. The van der Waals surface area contributed by atoms with Gasteiger partial charge in [0.15, 0.2) is 5.96 Å². The second kappa shape index (κ2) is 11.8. The third-order valence-corrected chi connectivity index (χ3v) is 5.18. The summed E-state index contributed by atoms with van der Waals surface area (Å²) in [5.41, 5.74) is 2.62. The monoisotopic (exact) mass is 473 g/mol. The Kier molecular flexibility index (Phi) is 10.5. The van der Waals surface area contributed by atoms with Crippen LogP contribution in [0.4, 0.5) is 0 Å². The van der Waals surface area contributed by atoms with Crippen LogP contribution in [0.3, 0.4) is 0 Å². The van der Waals surface area contributed by atoms with Crippen LogP contribution in [-0.2, 0) is 0 Å². The van der Waals surface area contributed by atoms with E-state index in [-0.39, 0.29) is 24.0 Å². The van der Waals surface area contributed by atoms with Gasteiger partial charge < -0.3 is 15.5 Å². The second-order valence-electron chi connectivity index (χ2n) is 7.15. The summed E-state index contributed by atoms with van der Waals surface area (Å²) in [5, 5.41) is 7.01. The van der Waals surface area contributed by atoms with E-state index in [1.807, 2.05) is 7.05 Å². The first kappa shape index (κ1) is 23.2. The molecule has 1 aliphatic heterocycles. The highest BCUT2D eigenvalue weighted by molar-refractivity contribution is 14.0. The van der Waals surface area contributed by atoms with Crippen molar-refractivity contribution in [3.05, 3.63) is 35.4 Å². The minimum absolute atomic E-state index is 0. The zero-order valence-electron chi connectivity index (χ0n) is 17.0. The van der Waals surface area contributed by atoms with E-state index >= 15 is 0 Å². The minimum atomic E-state index is 0. The van der Waals surface area contributed by atoms with E-state index in [2.05, 4.69) is 77.6 Å². The molecule has 2 N–H and O–H groups in total. The molecular formula is C20H36IN5. The molecule has 2 rings (SSSR count). The van der Waals surface area contributed by atoms with Crippen molar-refractivity contribution < 1.29 is 0 Å². The number of hydrogen-bond acceptors (Lipinski definition) is 3. The zero-order valence-corrected chi connectivity index (χ0v) is 19.3. The Morgan fingerprint density at radius 3 is 2.54 bits per heavy atom. The predicted molar refractivity (Wildman–Crippen MR) is 123 cm³/mol. The van der Waals surface area contributed by atoms with Gasteiger partial charge in [-0.25, -0.2) is 0 Å². The molecule has 6 heteroatoms. The number of halogens is 1. The molecule has 1 fully saturated rings. The molecule has 1 aromatic rings. The quantitative estimate of drug-likeness (QED) is 0.363. The van der Waals surface area contributed by atoms with Crippen molar-refractivity contribution >= 4 is 29.9 Å². The molecule has 1 saturated heterocycles. The molecule has 0 aliphatic carbocycles. The van der Waals surface area contributed by atoms with E-state index in [1.54, 1.807) is 0 Å². The number of benzene rings is 1. The number of nitrogens with zero attached hydrogens (tertiary/aromatic N) is 3. The summed E-state index contributed by atoms with van der Waals surface area (Å²) in [5.74, 6) is 0.891. The van der Waals surface area contributed by atoms with Gasteiger partial charge in [0.25, 0.3) is 0 Å².